The summed E-state index contributed by atoms with van der Waals surface area (Å²) in [5.41, 5.74) is 2.78. The maximum absolute atomic E-state index is 13.2. The van der Waals surface area contributed by atoms with Crippen molar-refractivity contribution in [2.24, 2.45) is 0 Å². The highest BCUT2D eigenvalue weighted by molar-refractivity contribution is 7.15. The van der Waals surface area contributed by atoms with Crippen LogP contribution in [0.1, 0.15) is 65.5 Å². The van der Waals surface area contributed by atoms with Gasteiger partial charge in [-0.2, -0.15) is 0 Å². The molecule has 6 heteroatoms. The lowest BCUT2D eigenvalue weighted by molar-refractivity contribution is -0.117. The van der Waals surface area contributed by atoms with E-state index in [9.17, 15) is 9.59 Å². The predicted octanol–water partition coefficient (Wildman–Crippen LogP) is 4.74. The third-order valence-electron chi connectivity index (χ3n) is 5.47. The molecule has 0 atom stereocenters. The van der Waals surface area contributed by atoms with Crippen LogP contribution in [0.15, 0.2) is 24.3 Å². The molecule has 2 amide bonds. The van der Waals surface area contributed by atoms with E-state index >= 15 is 0 Å². The average Bonchev–Trinajstić information content (AvgIpc) is 3.03. The number of aryl methyl sites for hydroxylation is 3. The number of anilines is 1. The Bertz CT molecular complexity index is 803. The Morgan fingerprint density at radius 1 is 1.14 bits per heavy atom. The molecule has 1 aromatic carbocycles. The third-order valence-corrected chi connectivity index (χ3v) is 6.46. The van der Waals surface area contributed by atoms with Crippen LogP contribution < -0.4 is 5.32 Å². The molecule has 0 saturated heterocycles. The van der Waals surface area contributed by atoms with Gasteiger partial charge in [-0.15, -0.1) is 11.3 Å². The van der Waals surface area contributed by atoms with Gasteiger partial charge in [0.2, 0.25) is 5.91 Å². The first kappa shape index (κ1) is 20.5. The fourth-order valence-electron chi connectivity index (χ4n) is 3.65. The summed E-state index contributed by atoms with van der Waals surface area (Å²) in [6, 6.07) is 7.86. The molecule has 0 spiro atoms. The highest BCUT2D eigenvalue weighted by Gasteiger charge is 2.28. The third kappa shape index (κ3) is 4.98. The maximum Gasteiger partial charge on any atom is 0.254 e. The van der Waals surface area contributed by atoms with Gasteiger partial charge in [-0.25, -0.2) is 4.98 Å². The van der Waals surface area contributed by atoms with E-state index in [1.807, 2.05) is 38.1 Å². The van der Waals surface area contributed by atoms with Crippen molar-refractivity contribution >= 4 is 28.3 Å². The summed E-state index contributed by atoms with van der Waals surface area (Å²) in [6.45, 7) is 6.08. The first-order valence-electron chi connectivity index (χ1n) is 10.1. The first-order chi connectivity index (χ1) is 13.5. The van der Waals surface area contributed by atoms with Gasteiger partial charge >= 0.3 is 0 Å². The summed E-state index contributed by atoms with van der Waals surface area (Å²) >= 11 is 1.47. The van der Waals surface area contributed by atoms with Gasteiger partial charge in [-0.1, -0.05) is 38.3 Å². The lowest BCUT2D eigenvalue weighted by atomic mass is 9.93. The molecule has 2 aromatic rings. The van der Waals surface area contributed by atoms with Gasteiger partial charge in [0.05, 0.1) is 5.69 Å². The van der Waals surface area contributed by atoms with Gasteiger partial charge in [-0.3, -0.25) is 9.59 Å². The zero-order valence-corrected chi connectivity index (χ0v) is 17.8. The van der Waals surface area contributed by atoms with Crippen molar-refractivity contribution in [1.82, 2.24) is 9.88 Å². The Balaban J connectivity index is 1.75. The molecule has 5 nitrogen and oxygen atoms in total. The summed E-state index contributed by atoms with van der Waals surface area (Å²) < 4.78 is 0. The number of amides is 2. The van der Waals surface area contributed by atoms with Crippen molar-refractivity contribution in [3.05, 3.63) is 46.0 Å². The number of carbonyl (C=O) groups excluding carboxylic acids is 2. The van der Waals surface area contributed by atoms with Gasteiger partial charge in [0.1, 0.15) is 6.54 Å². The molecule has 1 aromatic heterocycles. The van der Waals surface area contributed by atoms with Crippen LogP contribution in [0.3, 0.4) is 0 Å². The highest BCUT2D eigenvalue weighted by Crippen LogP contribution is 2.25. The van der Waals surface area contributed by atoms with Crippen molar-refractivity contribution in [3.63, 3.8) is 0 Å². The smallest absolute Gasteiger partial charge is 0.254 e. The molecule has 1 heterocycles. The molecule has 1 N–H and O–H groups in total. The van der Waals surface area contributed by atoms with Gasteiger partial charge in [-0.05, 0) is 50.8 Å². The number of rotatable bonds is 6. The summed E-state index contributed by atoms with van der Waals surface area (Å²) in [6.07, 6.45) is 6.28. The van der Waals surface area contributed by atoms with Crippen molar-refractivity contribution in [2.75, 3.05) is 11.9 Å². The molecular weight excluding hydrogens is 370 g/mol. The number of nitrogens with one attached hydrogen (secondary N) is 1. The van der Waals surface area contributed by atoms with Crippen molar-refractivity contribution in [3.8, 4) is 0 Å². The van der Waals surface area contributed by atoms with Crippen LogP contribution in [0.5, 0.6) is 0 Å². The first-order valence-corrected chi connectivity index (χ1v) is 10.9. The van der Waals surface area contributed by atoms with Gasteiger partial charge in [0.15, 0.2) is 5.13 Å². The zero-order chi connectivity index (χ0) is 20.1. The number of carbonyl (C=O) groups is 2. The number of hydrogen-bond acceptors (Lipinski definition) is 4. The second-order valence-corrected chi connectivity index (χ2v) is 8.69. The fourth-order valence-corrected chi connectivity index (χ4v) is 4.48. The van der Waals surface area contributed by atoms with Crippen LogP contribution in [0.4, 0.5) is 5.13 Å². The predicted molar refractivity (Wildman–Crippen MR) is 114 cm³/mol. The highest BCUT2D eigenvalue weighted by atomic mass is 32.1. The lowest BCUT2D eigenvalue weighted by Gasteiger charge is -2.34. The lowest BCUT2D eigenvalue weighted by Crippen LogP contribution is -2.45. The second-order valence-electron chi connectivity index (χ2n) is 7.48. The standard InChI is InChI=1S/C22H29N3O2S/c1-4-17-10-12-18(13-11-17)21(27)25(19-8-6-5-7-9-19)14-20(26)24-22-23-15(2)16(3)28-22/h10-13,19H,4-9,14H2,1-3H3,(H,23,24,26). The van der Waals surface area contributed by atoms with E-state index < -0.39 is 0 Å². The van der Waals surface area contributed by atoms with Crippen LogP contribution in [0.2, 0.25) is 0 Å². The Hall–Kier alpha value is -2.21. The minimum absolute atomic E-state index is 0.0591. The van der Waals surface area contributed by atoms with E-state index in [1.165, 1.54) is 23.3 Å². The van der Waals surface area contributed by atoms with Gasteiger partial charge in [0, 0.05) is 16.5 Å². The minimum Gasteiger partial charge on any atom is -0.326 e. The zero-order valence-electron chi connectivity index (χ0n) is 17.0. The topological polar surface area (TPSA) is 62.3 Å². The van der Waals surface area contributed by atoms with E-state index in [2.05, 4.69) is 17.2 Å². The molecule has 0 unspecified atom stereocenters. The molecule has 150 valence electrons. The number of thiazole rings is 1. The quantitative estimate of drug-likeness (QED) is 0.763. The Kier molecular flexibility index (Phi) is 6.83. The van der Waals surface area contributed by atoms with Gasteiger partial charge < -0.3 is 10.2 Å². The van der Waals surface area contributed by atoms with Crippen LogP contribution >= 0.6 is 11.3 Å². The number of aromatic nitrogens is 1. The minimum atomic E-state index is -0.183. The molecule has 1 saturated carbocycles. The Morgan fingerprint density at radius 3 is 2.39 bits per heavy atom. The molecular formula is C22H29N3O2S. The number of benzene rings is 1. The van der Waals surface area contributed by atoms with Crippen molar-refractivity contribution < 1.29 is 9.59 Å². The van der Waals surface area contributed by atoms with Crippen molar-refractivity contribution in [1.29, 1.82) is 0 Å². The molecule has 1 fully saturated rings. The van der Waals surface area contributed by atoms with E-state index in [0.29, 0.717) is 10.7 Å². The maximum atomic E-state index is 13.2. The van der Waals surface area contributed by atoms with E-state index in [1.54, 1.807) is 4.90 Å². The van der Waals surface area contributed by atoms with E-state index in [-0.39, 0.29) is 24.4 Å². The van der Waals surface area contributed by atoms with Gasteiger partial charge in [0.25, 0.3) is 5.91 Å². The van der Waals surface area contributed by atoms with Crippen LogP contribution in [0.25, 0.3) is 0 Å². The SMILES string of the molecule is CCc1ccc(C(=O)N(CC(=O)Nc2nc(C)c(C)s2)C2CCCCC2)cc1. The summed E-state index contributed by atoms with van der Waals surface area (Å²) in [5.74, 6) is -0.242. The summed E-state index contributed by atoms with van der Waals surface area (Å²) in [4.78, 5) is 33.1. The number of hydrogen-bond donors (Lipinski definition) is 1. The summed E-state index contributed by atoms with van der Waals surface area (Å²) in [7, 11) is 0. The molecule has 1 aliphatic carbocycles. The molecule has 28 heavy (non-hydrogen) atoms. The van der Waals surface area contributed by atoms with Crippen molar-refractivity contribution in [2.45, 2.75) is 65.3 Å². The Morgan fingerprint density at radius 2 is 1.82 bits per heavy atom. The van der Waals surface area contributed by atoms with Crippen LogP contribution in [-0.2, 0) is 11.2 Å². The number of nitrogens with zero attached hydrogens (tertiary/aromatic N) is 2. The van der Waals surface area contributed by atoms with Crippen LogP contribution in [0, 0.1) is 13.8 Å². The fraction of sp³-hybridized carbons (Fsp3) is 0.500. The normalized spacial score (nSPS) is 14.7. The molecule has 0 aliphatic heterocycles. The average molecular weight is 400 g/mol. The second kappa shape index (κ2) is 9.32. The summed E-state index contributed by atoms with van der Waals surface area (Å²) in [5, 5.41) is 3.47. The monoisotopic (exact) mass is 399 g/mol. The molecule has 3 rings (SSSR count). The molecule has 1 aliphatic rings. The van der Waals surface area contributed by atoms with E-state index in [0.717, 1.165) is 42.7 Å². The van der Waals surface area contributed by atoms with Crippen LogP contribution in [-0.4, -0.2) is 34.3 Å². The molecule has 0 radical (unpaired) electrons. The largest absolute Gasteiger partial charge is 0.326 e. The molecule has 0 bridgehead atoms. The van der Waals surface area contributed by atoms with E-state index in [4.69, 9.17) is 0 Å². The Labute approximate surface area is 171 Å².